The van der Waals surface area contributed by atoms with Crippen LogP contribution in [0.4, 0.5) is 0 Å². The Bertz CT molecular complexity index is 747. The minimum Gasteiger partial charge on any atom is -0.311 e. The second-order valence-electron chi connectivity index (χ2n) is 5.95. The van der Waals surface area contributed by atoms with Crippen molar-refractivity contribution < 1.29 is 4.79 Å². The standard InChI is InChI=1S/C15H15N5O/c16-5-10-7-18-20-8-11(6-17-15(10)20)14(21)9-3-12-1-2-13(4-9)19-12/h6-9,12-13,19H,1-4H2. The topological polar surface area (TPSA) is 83.1 Å². The van der Waals surface area contributed by atoms with Gasteiger partial charge in [0, 0.05) is 30.4 Å². The van der Waals surface area contributed by atoms with Crippen LogP contribution in [0.1, 0.15) is 41.6 Å². The molecule has 2 aromatic rings. The molecule has 4 heterocycles. The highest BCUT2D eigenvalue weighted by Crippen LogP contribution is 2.32. The van der Waals surface area contributed by atoms with Crippen molar-refractivity contribution in [3.63, 3.8) is 0 Å². The number of Topliss-reactive ketones (excluding diaryl/α,β-unsaturated/α-hetero) is 1. The predicted octanol–water partition coefficient (Wildman–Crippen LogP) is 1.31. The molecular weight excluding hydrogens is 266 g/mol. The van der Waals surface area contributed by atoms with E-state index < -0.39 is 0 Å². The first kappa shape index (κ1) is 12.5. The molecule has 2 unspecified atom stereocenters. The Balaban J connectivity index is 1.64. The smallest absolute Gasteiger partial charge is 0.172 e. The summed E-state index contributed by atoms with van der Waals surface area (Å²) in [5.41, 5.74) is 1.51. The zero-order valence-electron chi connectivity index (χ0n) is 11.5. The molecule has 2 saturated heterocycles. The average molecular weight is 281 g/mol. The molecule has 0 amide bonds. The first-order chi connectivity index (χ1) is 10.2. The number of aromatic nitrogens is 3. The van der Waals surface area contributed by atoms with Gasteiger partial charge in [-0.3, -0.25) is 4.79 Å². The number of hydrogen-bond donors (Lipinski definition) is 1. The molecule has 0 aromatic carbocycles. The highest BCUT2D eigenvalue weighted by molar-refractivity contribution is 5.97. The number of carbonyl (C=O) groups is 1. The Morgan fingerprint density at radius 2 is 2.10 bits per heavy atom. The Kier molecular flexibility index (Phi) is 2.76. The highest BCUT2D eigenvalue weighted by atomic mass is 16.1. The molecule has 0 aliphatic carbocycles. The Morgan fingerprint density at radius 3 is 2.81 bits per heavy atom. The summed E-state index contributed by atoms with van der Waals surface area (Å²) < 4.78 is 1.52. The molecule has 6 nitrogen and oxygen atoms in total. The second-order valence-corrected chi connectivity index (χ2v) is 5.95. The van der Waals surface area contributed by atoms with Gasteiger partial charge in [0.15, 0.2) is 11.4 Å². The lowest BCUT2D eigenvalue weighted by molar-refractivity contribution is 0.0874. The minimum absolute atomic E-state index is 0.0778. The zero-order chi connectivity index (χ0) is 14.4. The van der Waals surface area contributed by atoms with Gasteiger partial charge in [0.2, 0.25) is 0 Å². The third-order valence-corrected chi connectivity index (χ3v) is 4.61. The summed E-state index contributed by atoms with van der Waals surface area (Å²) >= 11 is 0. The van der Waals surface area contributed by atoms with Crippen molar-refractivity contribution in [1.29, 1.82) is 5.26 Å². The minimum atomic E-state index is 0.0778. The van der Waals surface area contributed by atoms with Crippen LogP contribution < -0.4 is 5.32 Å². The van der Waals surface area contributed by atoms with Gasteiger partial charge in [-0.15, -0.1) is 0 Å². The lowest BCUT2D eigenvalue weighted by atomic mass is 9.86. The first-order valence-corrected chi connectivity index (χ1v) is 7.28. The van der Waals surface area contributed by atoms with Gasteiger partial charge >= 0.3 is 0 Å². The van der Waals surface area contributed by atoms with E-state index in [9.17, 15) is 4.79 Å². The summed E-state index contributed by atoms with van der Waals surface area (Å²) in [7, 11) is 0. The summed E-state index contributed by atoms with van der Waals surface area (Å²) in [4.78, 5) is 16.9. The summed E-state index contributed by atoms with van der Waals surface area (Å²) in [6.07, 6.45) is 8.92. The number of piperidine rings is 1. The molecule has 0 spiro atoms. The van der Waals surface area contributed by atoms with Crippen LogP contribution in [0.3, 0.4) is 0 Å². The molecule has 1 N–H and O–H groups in total. The molecule has 2 fully saturated rings. The summed E-state index contributed by atoms with van der Waals surface area (Å²) in [5.74, 6) is 0.228. The maximum atomic E-state index is 12.7. The van der Waals surface area contributed by atoms with Crippen LogP contribution in [-0.4, -0.2) is 32.5 Å². The van der Waals surface area contributed by atoms with E-state index in [2.05, 4.69) is 15.4 Å². The Hall–Kier alpha value is -2.26. The fourth-order valence-corrected chi connectivity index (χ4v) is 3.59. The second kappa shape index (κ2) is 4.64. The van der Waals surface area contributed by atoms with Crippen molar-refractivity contribution in [1.82, 2.24) is 19.9 Å². The summed E-state index contributed by atoms with van der Waals surface area (Å²) in [6.45, 7) is 0. The van der Waals surface area contributed by atoms with E-state index in [0.717, 1.165) is 12.8 Å². The molecule has 2 atom stereocenters. The van der Waals surface area contributed by atoms with Crippen LogP contribution in [0.15, 0.2) is 18.6 Å². The van der Waals surface area contributed by atoms with Crippen molar-refractivity contribution in [3.8, 4) is 6.07 Å². The number of rotatable bonds is 2. The first-order valence-electron chi connectivity index (χ1n) is 7.28. The quantitative estimate of drug-likeness (QED) is 0.839. The van der Waals surface area contributed by atoms with Gasteiger partial charge < -0.3 is 5.32 Å². The monoisotopic (exact) mass is 281 g/mol. The van der Waals surface area contributed by atoms with Crippen LogP contribution in [0.5, 0.6) is 0 Å². The van der Waals surface area contributed by atoms with Crippen molar-refractivity contribution in [3.05, 3.63) is 29.7 Å². The molecule has 2 aromatic heterocycles. The Morgan fingerprint density at radius 1 is 1.33 bits per heavy atom. The van der Waals surface area contributed by atoms with E-state index in [4.69, 9.17) is 5.26 Å². The zero-order valence-corrected chi connectivity index (χ0v) is 11.5. The molecule has 4 rings (SSSR count). The van der Waals surface area contributed by atoms with E-state index >= 15 is 0 Å². The van der Waals surface area contributed by atoms with E-state index in [1.165, 1.54) is 23.6 Å². The molecule has 21 heavy (non-hydrogen) atoms. The maximum absolute atomic E-state index is 12.7. The van der Waals surface area contributed by atoms with Crippen LogP contribution in [0, 0.1) is 17.2 Å². The Labute approximate surface area is 121 Å². The molecule has 6 heteroatoms. The molecular formula is C15H15N5O. The number of nitriles is 1. The fourth-order valence-electron chi connectivity index (χ4n) is 3.59. The lowest BCUT2D eigenvalue weighted by Gasteiger charge is -2.27. The molecule has 2 aliphatic heterocycles. The molecule has 106 valence electrons. The van der Waals surface area contributed by atoms with Gasteiger partial charge in [-0.1, -0.05) is 0 Å². The molecule has 2 bridgehead atoms. The van der Waals surface area contributed by atoms with Crippen LogP contribution in [0.2, 0.25) is 0 Å². The number of carbonyl (C=O) groups excluding carboxylic acids is 1. The van der Waals surface area contributed by atoms with Gasteiger partial charge in [0.25, 0.3) is 0 Å². The fraction of sp³-hybridized carbons (Fsp3) is 0.467. The predicted molar refractivity (Wildman–Crippen MR) is 74.7 cm³/mol. The SMILES string of the molecule is N#Cc1cnn2cc(C(=O)C3CC4CCC(C3)N4)cnc12. The van der Waals surface area contributed by atoms with Crippen molar-refractivity contribution in [2.75, 3.05) is 0 Å². The number of nitrogens with one attached hydrogen (secondary N) is 1. The van der Waals surface area contributed by atoms with Gasteiger partial charge in [0.1, 0.15) is 11.6 Å². The number of hydrogen-bond acceptors (Lipinski definition) is 5. The van der Waals surface area contributed by atoms with E-state index in [-0.39, 0.29) is 11.7 Å². The maximum Gasteiger partial charge on any atom is 0.172 e. The third kappa shape index (κ3) is 2.01. The number of fused-ring (bicyclic) bond motifs is 3. The molecule has 0 radical (unpaired) electrons. The molecule has 0 saturated carbocycles. The van der Waals surface area contributed by atoms with Crippen LogP contribution >= 0.6 is 0 Å². The summed E-state index contributed by atoms with van der Waals surface area (Å²) in [6, 6.07) is 3.02. The van der Waals surface area contributed by atoms with Gasteiger partial charge in [-0.25, -0.2) is 9.50 Å². The third-order valence-electron chi connectivity index (χ3n) is 4.61. The van der Waals surface area contributed by atoms with Gasteiger partial charge in [-0.2, -0.15) is 10.4 Å². The van der Waals surface area contributed by atoms with E-state index in [0.29, 0.717) is 28.9 Å². The van der Waals surface area contributed by atoms with Crippen LogP contribution in [0.25, 0.3) is 5.65 Å². The largest absolute Gasteiger partial charge is 0.311 e. The highest BCUT2D eigenvalue weighted by Gasteiger charge is 2.37. The summed E-state index contributed by atoms with van der Waals surface area (Å²) in [5, 5.41) is 16.6. The number of nitrogens with zero attached hydrogens (tertiary/aromatic N) is 4. The normalized spacial score (nSPS) is 27.7. The van der Waals surface area contributed by atoms with E-state index in [1.807, 2.05) is 6.07 Å². The molecule has 2 aliphatic rings. The van der Waals surface area contributed by atoms with E-state index in [1.54, 1.807) is 12.4 Å². The van der Waals surface area contributed by atoms with Gasteiger partial charge in [-0.05, 0) is 25.7 Å². The lowest BCUT2D eigenvalue weighted by Crippen LogP contribution is -2.40. The van der Waals surface area contributed by atoms with Crippen LogP contribution in [-0.2, 0) is 0 Å². The van der Waals surface area contributed by atoms with Crippen molar-refractivity contribution >= 4 is 11.4 Å². The average Bonchev–Trinajstić information content (AvgIpc) is 3.08. The van der Waals surface area contributed by atoms with Crippen molar-refractivity contribution in [2.24, 2.45) is 5.92 Å². The van der Waals surface area contributed by atoms with Gasteiger partial charge in [0.05, 0.1) is 11.8 Å². The number of ketones is 1. The van der Waals surface area contributed by atoms with Crippen molar-refractivity contribution in [2.45, 2.75) is 37.8 Å².